The molecule has 3 rings (SSSR count). The summed E-state index contributed by atoms with van der Waals surface area (Å²) in [5.74, 6) is 0.808. The van der Waals surface area contributed by atoms with Crippen LogP contribution in [0.3, 0.4) is 0 Å². The predicted molar refractivity (Wildman–Crippen MR) is 119 cm³/mol. The number of rotatable bonds is 8. The molecule has 2 aromatic heterocycles. The van der Waals surface area contributed by atoms with Crippen molar-refractivity contribution in [3.05, 3.63) is 46.3 Å². The molecule has 3 heterocycles. The first kappa shape index (κ1) is 21.7. The molecule has 1 saturated heterocycles. The summed E-state index contributed by atoms with van der Waals surface area (Å²) in [7, 11) is 0. The highest BCUT2D eigenvalue weighted by Gasteiger charge is 2.23. The number of aromatic nitrogens is 1. The minimum Gasteiger partial charge on any atom is -0.372 e. The summed E-state index contributed by atoms with van der Waals surface area (Å²) >= 11 is 1.69. The van der Waals surface area contributed by atoms with Gasteiger partial charge in [-0.1, -0.05) is 13.8 Å². The van der Waals surface area contributed by atoms with E-state index < -0.39 is 0 Å². The van der Waals surface area contributed by atoms with Crippen molar-refractivity contribution >= 4 is 23.1 Å². The Morgan fingerprint density at radius 1 is 1.28 bits per heavy atom. The minimum atomic E-state index is -0.0832. The lowest BCUT2D eigenvalue weighted by Gasteiger charge is -2.36. The smallest absolute Gasteiger partial charge is 0.252 e. The standard InChI is InChI=1S/C22H32N4O2S/c1-5-25(6-2)20(19-9-10-29-15-19)12-24-22(27)18-7-8-21(23-11-18)26-13-16(3)28-17(4)14-26/h7-11,15-17,20H,5-6,12-14H2,1-4H3,(H,24,27)/t16-,17+,20-/m1/s1. The van der Waals surface area contributed by atoms with Gasteiger partial charge in [-0.15, -0.1) is 0 Å². The molecule has 29 heavy (non-hydrogen) atoms. The number of hydrogen-bond donors (Lipinski definition) is 1. The third-order valence-corrected chi connectivity index (χ3v) is 6.09. The molecule has 1 N–H and O–H groups in total. The number of nitrogens with zero attached hydrogens (tertiary/aromatic N) is 3. The maximum atomic E-state index is 12.7. The molecule has 2 aromatic rings. The number of morpholine rings is 1. The molecule has 3 atom stereocenters. The highest BCUT2D eigenvalue weighted by atomic mass is 32.1. The summed E-state index contributed by atoms with van der Waals surface area (Å²) in [4.78, 5) is 21.8. The largest absolute Gasteiger partial charge is 0.372 e. The van der Waals surface area contributed by atoms with Gasteiger partial charge in [-0.3, -0.25) is 9.69 Å². The number of nitrogens with one attached hydrogen (secondary N) is 1. The van der Waals surface area contributed by atoms with Crippen LogP contribution in [0.5, 0.6) is 0 Å². The lowest BCUT2D eigenvalue weighted by atomic mass is 10.1. The van der Waals surface area contributed by atoms with Gasteiger partial charge in [0, 0.05) is 25.8 Å². The third-order valence-electron chi connectivity index (χ3n) is 5.39. The van der Waals surface area contributed by atoms with E-state index in [-0.39, 0.29) is 24.2 Å². The van der Waals surface area contributed by atoms with E-state index in [4.69, 9.17) is 4.74 Å². The lowest BCUT2D eigenvalue weighted by molar-refractivity contribution is -0.00546. The zero-order chi connectivity index (χ0) is 20.8. The van der Waals surface area contributed by atoms with E-state index in [0.29, 0.717) is 12.1 Å². The van der Waals surface area contributed by atoms with Crippen LogP contribution < -0.4 is 10.2 Å². The summed E-state index contributed by atoms with van der Waals surface area (Å²) < 4.78 is 5.79. The molecule has 158 valence electrons. The van der Waals surface area contributed by atoms with Crippen molar-refractivity contribution in [2.45, 2.75) is 45.9 Å². The summed E-state index contributed by atoms with van der Waals surface area (Å²) in [6.45, 7) is 12.6. The van der Waals surface area contributed by atoms with Gasteiger partial charge in [0.15, 0.2) is 0 Å². The van der Waals surface area contributed by atoms with Crippen molar-refractivity contribution in [1.82, 2.24) is 15.2 Å². The quantitative estimate of drug-likeness (QED) is 0.713. The Morgan fingerprint density at radius 3 is 2.55 bits per heavy atom. The molecule has 1 aliphatic heterocycles. The number of amides is 1. The molecule has 7 heteroatoms. The van der Waals surface area contributed by atoms with Gasteiger partial charge in [0.1, 0.15) is 5.82 Å². The van der Waals surface area contributed by atoms with Crippen molar-refractivity contribution in [2.75, 3.05) is 37.6 Å². The van der Waals surface area contributed by atoms with Crippen LogP contribution in [-0.2, 0) is 4.74 Å². The Hall–Kier alpha value is -1.96. The molecule has 6 nitrogen and oxygen atoms in total. The Morgan fingerprint density at radius 2 is 2.00 bits per heavy atom. The summed E-state index contributed by atoms with van der Waals surface area (Å²) in [6.07, 6.45) is 2.03. The molecule has 0 bridgehead atoms. The Labute approximate surface area is 177 Å². The summed E-state index contributed by atoms with van der Waals surface area (Å²) in [6, 6.07) is 6.11. The van der Waals surface area contributed by atoms with Gasteiger partial charge in [-0.05, 0) is 61.5 Å². The molecule has 0 spiro atoms. The number of anilines is 1. The average molecular weight is 417 g/mol. The third kappa shape index (κ3) is 5.56. The predicted octanol–water partition coefficient (Wildman–Crippen LogP) is 3.57. The van der Waals surface area contributed by atoms with Gasteiger partial charge in [0.2, 0.25) is 0 Å². The Bertz CT molecular complexity index is 752. The topological polar surface area (TPSA) is 57.7 Å². The molecule has 1 fully saturated rings. The van der Waals surface area contributed by atoms with Crippen LogP contribution in [0, 0.1) is 0 Å². The van der Waals surface area contributed by atoms with E-state index in [0.717, 1.165) is 32.0 Å². The number of carbonyl (C=O) groups excluding carboxylic acids is 1. The van der Waals surface area contributed by atoms with Crippen molar-refractivity contribution in [3.63, 3.8) is 0 Å². The van der Waals surface area contributed by atoms with Crippen LogP contribution in [-0.4, -0.2) is 60.7 Å². The van der Waals surface area contributed by atoms with Crippen molar-refractivity contribution in [1.29, 1.82) is 0 Å². The van der Waals surface area contributed by atoms with Gasteiger partial charge in [-0.2, -0.15) is 11.3 Å². The van der Waals surface area contributed by atoms with Crippen molar-refractivity contribution in [2.24, 2.45) is 0 Å². The zero-order valence-corrected chi connectivity index (χ0v) is 18.6. The molecule has 0 radical (unpaired) electrons. The number of hydrogen-bond acceptors (Lipinski definition) is 6. The van der Waals surface area contributed by atoms with E-state index in [2.05, 4.69) is 64.6 Å². The molecular weight excluding hydrogens is 384 g/mol. The SMILES string of the molecule is CCN(CC)[C@H](CNC(=O)c1ccc(N2C[C@@H](C)O[C@@H](C)C2)nc1)c1ccsc1. The highest BCUT2D eigenvalue weighted by Crippen LogP contribution is 2.23. The van der Waals surface area contributed by atoms with Crippen LogP contribution in [0.25, 0.3) is 0 Å². The molecule has 1 aliphatic rings. The molecule has 0 aliphatic carbocycles. The van der Waals surface area contributed by atoms with Gasteiger partial charge in [0.05, 0.1) is 23.8 Å². The van der Waals surface area contributed by atoms with Crippen LogP contribution in [0.15, 0.2) is 35.2 Å². The second-order valence-corrected chi connectivity index (χ2v) is 8.35. The van der Waals surface area contributed by atoms with Crippen LogP contribution in [0.2, 0.25) is 0 Å². The number of likely N-dealkylation sites (N-methyl/N-ethyl adjacent to an activating group) is 1. The number of thiophene rings is 1. The number of carbonyl (C=O) groups is 1. The van der Waals surface area contributed by atoms with E-state index in [1.54, 1.807) is 17.5 Å². The van der Waals surface area contributed by atoms with Crippen LogP contribution in [0.4, 0.5) is 5.82 Å². The van der Waals surface area contributed by atoms with E-state index in [1.165, 1.54) is 5.56 Å². The fourth-order valence-corrected chi connectivity index (χ4v) is 4.66. The van der Waals surface area contributed by atoms with Crippen LogP contribution in [0.1, 0.15) is 49.7 Å². The van der Waals surface area contributed by atoms with E-state index in [1.807, 2.05) is 12.1 Å². The van der Waals surface area contributed by atoms with Crippen molar-refractivity contribution in [3.8, 4) is 0 Å². The Kier molecular flexibility index (Phi) is 7.64. The first-order chi connectivity index (χ1) is 14.0. The van der Waals surface area contributed by atoms with Gasteiger partial charge < -0.3 is 15.0 Å². The molecular formula is C22H32N4O2S. The summed E-state index contributed by atoms with van der Waals surface area (Å²) in [5.41, 5.74) is 1.84. The summed E-state index contributed by atoms with van der Waals surface area (Å²) in [5, 5.41) is 7.35. The van der Waals surface area contributed by atoms with Gasteiger partial charge >= 0.3 is 0 Å². The first-order valence-electron chi connectivity index (χ1n) is 10.4. The van der Waals surface area contributed by atoms with Crippen LogP contribution >= 0.6 is 11.3 Å². The monoisotopic (exact) mass is 416 g/mol. The van der Waals surface area contributed by atoms with E-state index in [9.17, 15) is 4.79 Å². The lowest BCUT2D eigenvalue weighted by Crippen LogP contribution is -2.45. The van der Waals surface area contributed by atoms with Crippen molar-refractivity contribution < 1.29 is 9.53 Å². The number of ether oxygens (including phenoxy) is 1. The molecule has 1 amide bonds. The van der Waals surface area contributed by atoms with Gasteiger partial charge in [-0.25, -0.2) is 4.98 Å². The minimum absolute atomic E-state index is 0.0832. The number of pyridine rings is 1. The maximum Gasteiger partial charge on any atom is 0.252 e. The molecule has 0 aromatic carbocycles. The normalized spacial score (nSPS) is 20.7. The molecule has 0 unspecified atom stereocenters. The fraction of sp³-hybridized carbons (Fsp3) is 0.545. The fourth-order valence-electron chi connectivity index (χ4n) is 3.95. The second kappa shape index (κ2) is 10.2. The maximum absolute atomic E-state index is 12.7. The Balaban J connectivity index is 1.62. The highest BCUT2D eigenvalue weighted by molar-refractivity contribution is 7.07. The average Bonchev–Trinajstić information content (AvgIpc) is 3.25. The zero-order valence-electron chi connectivity index (χ0n) is 17.8. The first-order valence-corrected chi connectivity index (χ1v) is 11.4. The van der Waals surface area contributed by atoms with E-state index >= 15 is 0 Å². The second-order valence-electron chi connectivity index (χ2n) is 7.57. The molecule has 0 saturated carbocycles. The van der Waals surface area contributed by atoms with Gasteiger partial charge in [0.25, 0.3) is 5.91 Å².